The predicted molar refractivity (Wildman–Crippen MR) is 92.6 cm³/mol. The van der Waals surface area contributed by atoms with Gasteiger partial charge in [0, 0.05) is 5.56 Å². The third-order valence-corrected chi connectivity index (χ3v) is 5.51. The molecule has 0 fully saturated rings. The van der Waals surface area contributed by atoms with Crippen molar-refractivity contribution in [2.75, 3.05) is 4.31 Å². The monoisotopic (exact) mass is 359 g/mol. The van der Waals surface area contributed by atoms with Crippen LogP contribution in [0.25, 0.3) is 0 Å². The van der Waals surface area contributed by atoms with Gasteiger partial charge in [0.2, 0.25) is 0 Å². The Kier molecular flexibility index (Phi) is 4.81. The third kappa shape index (κ3) is 3.69. The molecule has 0 N–H and O–H groups in total. The maximum atomic E-state index is 14.0. The summed E-state index contributed by atoms with van der Waals surface area (Å²) in [5.74, 6) is -1.02. The number of rotatable bonds is 5. The van der Waals surface area contributed by atoms with Crippen LogP contribution in [-0.4, -0.2) is 8.42 Å². The van der Waals surface area contributed by atoms with Gasteiger partial charge in [-0.25, -0.2) is 17.2 Å². The molecular weight excluding hydrogens is 344 g/mol. The second kappa shape index (κ2) is 7.03. The smallest absolute Gasteiger partial charge is 0.262 e. The predicted octanol–water partition coefficient (Wildman–Crippen LogP) is 4.36. The molecule has 25 heavy (non-hydrogen) atoms. The van der Waals surface area contributed by atoms with Gasteiger partial charge in [0.15, 0.2) is 0 Å². The maximum Gasteiger partial charge on any atom is 0.264 e. The van der Waals surface area contributed by atoms with Crippen LogP contribution in [0.3, 0.4) is 0 Å². The number of hydrogen-bond acceptors (Lipinski definition) is 2. The third-order valence-electron chi connectivity index (χ3n) is 3.72. The Balaban J connectivity index is 2.08. The highest BCUT2D eigenvalue weighted by atomic mass is 32.2. The lowest BCUT2D eigenvalue weighted by atomic mass is 10.2. The number of halogens is 2. The molecule has 0 heterocycles. The number of anilines is 1. The second-order valence-electron chi connectivity index (χ2n) is 5.39. The average Bonchev–Trinajstić information content (AvgIpc) is 2.62. The van der Waals surface area contributed by atoms with E-state index in [1.807, 2.05) is 0 Å². The van der Waals surface area contributed by atoms with E-state index in [0.29, 0.717) is 5.69 Å². The molecular formula is C19H15F2NO2S. The Labute approximate surface area is 145 Å². The largest absolute Gasteiger partial charge is 0.264 e. The molecule has 3 nitrogen and oxygen atoms in total. The Hall–Kier alpha value is -2.73. The van der Waals surface area contributed by atoms with Crippen molar-refractivity contribution in [3.8, 4) is 0 Å². The highest BCUT2D eigenvalue weighted by molar-refractivity contribution is 7.92. The lowest BCUT2D eigenvalue weighted by Gasteiger charge is -2.25. The van der Waals surface area contributed by atoms with Crippen LogP contribution in [0.1, 0.15) is 5.56 Å². The van der Waals surface area contributed by atoms with Gasteiger partial charge in [0.05, 0.1) is 17.1 Å². The molecule has 0 bridgehead atoms. The molecule has 0 saturated heterocycles. The summed E-state index contributed by atoms with van der Waals surface area (Å²) in [6.07, 6.45) is 0. The molecule has 3 rings (SSSR count). The van der Waals surface area contributed by atoms with Crippen LogP contribution < -0.4 is 4.31 Å². The van der Waals surface area contributed by atoms with Crippen LogP contribution in [0.4, 0.5) is 14.5 Å². The lowest BCUT2D eigenvalue weighted by molar-refractivity contribution is 0.584. The van der Waals surface area contributed by atoms with Crippen molar-refractivity contribution in [1.82, 2.24) is 0 Å². The molecule has 0 aliphatic rings. The number of sulfonamides is 1. The molecule has 6 heteroatoms. The zero-order chi connectivity index (χ0) is 17.9. The highest BCUT2D eigenvalue weighted by Gasteiger charge is 2.26. The molecule has 0 unspecified atom stereocenters. The molecule has 3 aromatic carbocycles. The quantitative estimate of drug-likeness (QED) is 0.679. The molecule has 128 valence electrons. The molecule has 0 aliphatic carbocycles. The van der Waals surface area contributed by atoms with Crippen LogP contribution in [0, 0.1) is 11.6 Å². The summed E-state index contributed by atoms with van der Waals surface area (Å²) in [5, 5.41) is 0. The minimum atomic E-state index is -3.99. The summed E-state index contributed by atoms with van der Waals surface area (Å²) < 4.78 is 54.4. The van der Waals surface area contributed by atoms with Crippen LogP contribution >= 0.6 is 0 Å². The number of nitrogens with zero attached hydrogens (tertiary/aromatic N) is 1. The first-order valence-corrected chi connectivity index (χ1v) is 8.99. The van der Waals surface area contributed by atoms with E-state index >= 15 is 0 Å². The van der Waals surface area contributed by atoms with Crippen molar-refractivity contribution >= 4 is 15.7 Å². The van der Waals surface area contributed by atoms with E-state index < -0.39 is 21.7 Å². The topological polar surface area (TPSA) is 37.4 Å². The molecule has 0 atom stereocenters. The fraction of sp³-hybridized carbons (Fsp3) is 0.0526. The standard InChI is InChI=1S/C19H15F2NO2S/c20-16-10-12-18(13-11-16)25(23,24)22(17-7-2-1-3-8-17)14-15-6-4-5-9-19(15)21/h1-13H,14H2. The Morgan fingerprint density at radius 3 is 2.00 bits per heavy atom. The molecule has 0 amide bonds. The first kappa shape index (κ1) is 17.1. The summed E-state index contributed by atoms with van der Waals surface area (Å²) in [7, 11) is -3.99. The Morgan fingerprint density at radius 2 is 1.36 bits per heavy atom. The lowest BCUT2D eigenvalue weighted by Crippen LogP contribution is -2.31. The summed E-state index contributed by atoms with van der Waals surface area (Å²) in [5.41, 5.74) is 0.645. The fourth-order valence-electron chi connectivity index (χ4n) is 2.42. The van der Waals surface area contributed by atoms with Crippen molar-refractivity contribution in [3.05, 3.63) is 96.1 Å². The second-order valence-corrected chi connectivity index (χ2v) is 7.25. The van der Waals surface area contributed by atoms with Gasteiger partial charge < -0.3 is 0 Å². The zero-order valence-corrected chi connectivity index (χ0v) is 14.0. The van der Waals surface area contributed by atoms with Crippen LogP contribution in [0.2, 0.25) is 0 Å². The van der Waals surface area contributed by atoms with Gasteiger partial charge in [-0.1, -0.05) is 36.4 Å². The van der Waals surface area contributed by atoms with Crippen molar-refractivity contribution in [2.45, 2.75) is 11.4 Å². The van der Waals surface area contributed by atoms with E-state index in [1.165, 1.54) is 24.3 Å². The fourth-order valence-corrected chi connectivity index (χ4v) is 3.87. The van der Waals surface area contributed by atoms with Gasteiger partial charge in [-0.3, -0.25) is 4.31 Å². The molecule has 0 spiro atoms. The minimum absolute atomic E-state index is 0.0610. The Morgan fingerprint density at radius 1 is 0.760 bits per heavy atom. The minimum Gasteiger partial charge on any atom is -0.262 e. The van der Waals surface area contributed by atoms with Crippen molar-refractivity contribution < 1.29 is 17.2 Å². The van der Waals surface area contributed by atoms with Crippen LogP contribution in [-0.2, 0) is 16.6 Å². The van der Waals surface area contributed by atoms with Crippen molar-refractivity contribution in [2.24, 2.45) is 0 Å². The maximum absolute atomic E-state index is 14.0. The first-order valence-electron chi connectivity index (χ1n) is 7.55. The summed E-state index contributed by atoms with van der Waals surface area (Å²) in [4.78, 5) is -0.0610. The van der Waals surface area contributed by atoms with Gasteiger partial charge in [0.25, 0.3) is 10.0 Å². The van der Waals surface area contributed by atoms with E-state index in [2.05, 4.69) is 0 Å². The first-order chi connectivity index (χ1) is 12.0. The van der Waals surface area contributed by atoms with E-state index in [4.69, 9.17) is 0 Å². The number of hydrogen-bond donors (Lipinski definition) is 0. The molecule has 0 saturated carbocycles. The molecule has 0 aromatic heterocycles. The normalized spacial score (nSPS) is 11.3. The van der Waals surface area contributed by atoms with Crippen molar-refractivity contribution in [3.63, 3.8) is 0 Å². The average molecular weight is 359 g/mol. The van der Waals surface area contributed by atoms with Crippen molar-refractivity contribution in [1.29, 1.82) is 0 Å². The summed E-state index contributed by atoms with van der Waals surface area (Å²) >= 11 is 0. The van der Waals surface area contributed by atoms with Gasteiger partial charge in [-0.05, 0) is 42.5 Å². The molecule has 0 aliphatic heterocycles. The van der Waals surface area contributed by atoms with Crippen LogP contribution in [0.5, 0.6) is 0 Å². The molecule has 3 aromatic rings. The van der Waals surface area contributed by atoms with E-state index in [1.54, 1.807) is 42.5 Å². The SMILES string of the molecule is O=S(=O)(c1ccc(F)cc1)N(Cc1ccccc1F)c1ccccc1. The van der Waals surface area contributed by atoms with E-state index in [9.17, 15) is 17.2 Å². The Bertz CT molecular complexity index is 958. The van der Waals surface area contributed by atoms with Gasteiger partial charge in [-0.15, -0.1) is 0 Å². The molecule has 0 radical (unpaired) electrons. The van der Waals surface area contributed by atoms with E-state index in [-0.39, 0.29) is 17.0 Å². The summed E-state index contributed by atoms with van der Waals surface area (Å²) in [6, 6.07) is 19.0. The zero-order valence-electron chi connectivity index (χ0n) is 13.1. The number of para-hydroxylation sites is 1. The highest BCUT2D eigenvalue weighted by Crippen LogP contribution is 2.26. The van der Waals surface area contributed by atoms with Gasteiger partial charge in [-0.2, -0.15) is 0 Å². The number of benzene rings is 3. The van der Waals surface area contributed by atoms with Crippen LogP contribution in [0.15, 0.2) is 83.8 Å². The summed E-state index contributed by atoms with van der Waals surface area (Å²) in [6.45, 7) is -0.170. The van der Waals surface area contributed by atoms with Gasteiger partial charge >= 0.3 is 0 Å². The van der Waals surface area contributed by atoms with E-state index in [0.717, 1.165) is 16.4 Å². The van der Waals surface area contributed by atoms with Gasteiger partial charge in [0.1, 0.15) is 11.6 Å².